The van der Waals surface area contributed by atoms with Crippen LogP contribution in [0.2, 0.25) is 0 Å². The molecular formula is C8H15NO. The molecule has 0 saturated heterocycles. The van der Waals surface area contributed by atoms with E-state index in [9.17, 15) is 0 Å². The van der Waals surface area contributed by atoms with Gasteiger partial charge in [0.2, 0.25) is 0 Å². The molecule has 2 nitrogen and oxygen atoms in total. The predicted octanol–water partition coefficient (Wildman–Crippen LogP) is 0.370. The summed E-state index contributed by atoms with van der Waals surface area (Å²) in [6.07, 6.45) is 0. The van der Waals surface area contributed by atoms with Crippen molar-refractivity contribution in [1.82, 2.24) is 5.32 Å². The third kappa shape index (κ3) is 4.37. The van der Waals surface area contributed by atoms with Crippen molar-refractivity contribution in [2.24, 2.45) is 0 Å². The van der Waals surface area contributed by atoms with E-state index < -0.39 is 0 Å². The summed E-state index contributed by atoms with van der Waals surface area (Å²) >= 11 is 0. The first-order valence-electron chi connectivity index (χ1n) is 3.38. The maximum absolute atomic E-state index is 8.78. The van der Waals surface area contributed by atoms with Gasteiger partial charge in [-0.05, 0) is 20.8 Å². The van der Waals surface area contributed by atoms with Crippen LogP contribution in [0.1, 0.15) is 20.8 Å². The Morgan fingerprint density at radius 3 is 2.50 bits per heavy atom. The molecule has 0 radical (unpaired) electrons. The molecule has 10 heavy (non-hydrogen) atoms. The lowest BCUT2D eigenvalue weighted by molar-refractivity contribution is 0.193. The second-order valence-corrected chi connectivity index (χ2v) is 2.82. The quantitative estimate of drug-likeness (QED) is 0.557. The van der Waals surface area contributed by atoms with Crippen LogP contribution in [0.15, 0.2) is 0 Å². The zero-order valence-corrected chi connectivity index (χ0v) is 6.86. The normalized spacial score (nSPS) is 10.4. The van der Waals surface area contributed by atoms with Gasteiger partial charge in [0.25, 0.3) is 0 Å². The number of nitrogens with one attached hydrogen (secondary N) is 1. The summed E-state index contributed by atoms with van der Waals surface area (Å²) < 4.78 is 0. The third-order valence-electron chi connectivity index (χ3n) is 1.23. The number of hydrogen-bond acceptors (Lipinski definition) is 2. The molecule has 0 aliphatic heterocycles. The molecule has 0 rings (SSSR count). The predicted molar refractivity (Wildman–Crippen MR) is 42.6 cm³/mol. The van der Waals surface area contributed by atoms with Crippen molar-refractivity contribution in [3.05, 3.63) is 0 Å². The summed E-state index contributed by atoms with van der Waals surface area (Å²) in [6, 6.07) is 0. The summed E-state index contributed by atoms with van der Waals surface area (Å²) in [6.45, 7) is 6.45. The summed E-state index contributed by atoms with van der Waals surface area (Å²) in [4.78, 5) is 0. The molecule has 0 atom stereocenters. The van der Waals surface area contributed by atoms with Crippen molar-refractivity contribution < 1.29 is 5.11 Å². The summed E-state index contributed by atoms with van der Waals surface area (Å²) in [5, 5.41) is 11.9. The zero-order valence-electron chi connectivity index (χ0n) is 6.86. The van der Waals surface area contributed by atoms with Gasteiger partial charge in [-0.25, -0.2) is 0 Å². The van der Waals surface area contributed by atoms with Crippen LogP contribution in [0, 0.1) is 11.8 Å². The van der Waals surface area contributed by atoms with Crippen LogP contribution in [-0.4, -0.2) is 23.8 Å². The van der Waals surface area contributed by atoms with E-state index in [-0.39, 0.29) is 12.1 Å². The topological polar surface area (TPSA) is 32.3 Å². The molecule has 58 valence electrons. The van der Waals surface area contributed by atoms with E-state index in [1.54, 1.807) is 6.92 Å². The van der Waals surface area contributed by atoms with E-state index >= 15 is 0 Å². The highest BCUT2D eigenvalue weighted by atomic mass is 16.3. The molecule has 0 aromatic heterocycles. The smallest absolute Gasteiger partial charge is 0.0608 e. The van der Waals surface area contributed by atoms with Crippen molar-refractivity contribution in [2.45, 2.75) is 26.3 Å². The second kappa shape index (κ2) is 4.32. The Morgan fingerprint density at radius 2 is 2.10 bits per heavy atom. The van der Waals surface area contributed by atoms with Crippen molar-refractivity contribution in [3.63, 3.8) is 0 Å². The lowest BCUT2D eigenvalue weighted by Gasteiger charge is -2.21. The van der Waals surface area contributed by atoms with Crippen molar-refractivity contribution in [1.29, 1.82) is 0 Å². The van der Waals surface area contributed by atoms with Crippen molar-refractivity contribution in [3.8, 4) is 11.8 Å². The van der Waals surface area contributed by atoms with E-state index in [1.165, 1.54) is 0 Å². The molecule has 0 spiro atoms. The molecule has 0 heterocycles. The Bertz CT molecular complexity index is 141. The van der Waals surface area contributed by atoms with Gasteiger partial charge >= 0.3 is 0 Å². The van der Waals surface area contributed by atoms with Crippen LogP contribution in [0.3, 0.4) is 0 Å². The lowest BCUT2D eigenvalue weighted by Crippen LogP contribution is -2.42. The van der Waals surface area contributed by atoms with E-state index in [1.807, 2.05) is 13.8 Å². The van der Waals surface area contributed by atoms with Gasteiger partial charge in [0.15, 0.2) is 0 Å². The molecule has 0 aliphatic rings. The summed E-state index contributed by atoms with van der Waals surface area (Å²) in [7, 11) is 0. The largest absolute Gasteiger partial charge is 0.394 e. The fourth-order valence-corrected chi connectivity index (χ4v) is 0.428. The molecule has 0 aromatic rings. The molecule has 0 bridgehead atoms. The molecule has 0 aromatic carbocycles. The maximum Gasteiger partial charge on any atom is 0.0608 e. The minimum absolute atomic E-state index is 0.137. The molecule has 0 aliphatic carbocycles. The summed E-state index contributed by atoms with van der Waals surface area (Å²) in [5.41, 5.74) is -0.205. The Kier molecular flexibility index (Phi) is 4.10. The molecular weight excluding hydrogens is 126 g/mol. The van der Waals surface area contributed by atoms with Crippen LogP contribution in [0.25, 0.3) is 0 Å². The molecule has 0 amide bonds. The van der Waals surface area contributed by atoms with Crippen LogP contribution in [-0.2, 0) is 0 Å². The Hall–Kier alpha value is -0.520. The SMILES string of the molecule is CC#CCNC(C)(C)CO. The number of aliphatic hydroxyl groups is 1. The van der Waals surface area contributed by atoms with Crippen molar-refractivity contribution in [2.75, 3.05) is 13.2 Å². The Morgan fingerprint density at radius 1 is 1.50 bits per heavy atom. The monoisotopic (exact) mass is 141 g/mol. The highest BCUT2D eigenvalue weighted by molar-refractivity contribution is 4.98. The van der Waals surface area contributed by atoms with Gasteiger partial charge in [0.05, 0.1) is 13.2 Å². The van der Waals surface area contributed by atoms with Gasteiger partial charge in [-0.15, -0.1) is 5.92 Å². The van der Waals surface area contributed by atoms with Crippen LogP contribution >= 0.6 is 0 Å². The average Bonchev–Trinajstić information content (AvgIpc) is 1.89. The second-order valence-electron chi connectivity index (χ2n) is 2.82. The molecule has 0 fully saturated rings. The van der Waals surface area contributed by atoms with Gasteiger partial charge in [-0.2, -0.15) is 0 Å². The van der Waals surface area contributed by atoms with E-state index in [4.69, 9.17) is 5.11 Å². The fourth-order valence-electron chi connectivity index (χ4n) is 0.428. The fraction of sp³-hybridized carbons (Fsp3) is 0.750. The highest BCUT2D eigenvalue weighted by Crippen LogP contribution is 1.97. The Balaban J connectivity index is 3.53. The number of hydrogen-bond donors (Lipinski definition) is 2. The molecule has 0 saturated carbocycles. The standard InChI is InChI=1S/C8H15NO/c1-4-5-6-9-8(2,3)7-10/h9-10H,6-7H2,1-3H3. The van der Waals surface area contributed by atoms with E-state index in [2.05, 4.69) is 17.2 Å². The van der Waals surface area contributed by atoms with Gasteiger partial charge in [0.1, 0.15) is 0 Å². The van der Waals surface area contributed by atoms with E-state index in [0.717, 1.165) is 0 Å². The minimum atomic E-state index is -0.205. The van der Waals surface area contributed by atoms with Gasteiger partial charge in [-0.1, -0.05) is 5.92 Å². The molecule has 2 heteroatoms. The summed E-state index contributed by atoms with van der Waals surface area (Å²) in [5.74, 6) is 5.64. The van der Waals surface area contributed by atoms with Gasteiger partial charge in [-0.3, -0.25) is 5.32 Å². The highest BCUT2D eigenvalue weighted by Gasteiger charge is 2.13. The molecule has 0 unspecified atom stereocenters. The lowest BCUT2D eigenvalue weighted by atomic mass is 10.1. The minimum Gasteiger partial charge on any atom is -0.394 e. The van der Waals surface area contributed by atoms with Crippen LogP contribution < -0.4 is 5.32 Å². The van der Waals surface area contributed by atoms with E-state index in [0.29, 0.717) is 6.54 Å². The van der Waals surface area contributed by atoms with Crippen LogP contribution in [0.4, 0.5) is 0 Å². The zero-order chi connectivity index (χ0) is 8.04. The maximum atomic E-state index is 8.78. The third-order valence-corrected chi connectivity index (χ3v) is 1.23. The average molecular weight is 141 g/mol. The molecule has 2 N–H and O–H groups in total. The van der Waals surface area contributed by atoms with Crippen LogP contribution in [0.5, 0.6) is 0 Å². The first-order chi connectivity index (χ1) is 4.62. The number of rotatable bonds is 3. The Labute approximate surface area is 62.6 Å². The first kappa shape index (κ1) is 9.48. The number of aliphatic hydroxyl groups excluding tert-OH is 1. The first-order valence-corrected chi connectivity index (χ1v) is 3.38. The van der Waals surface area contributed by atoms with Gasteiger partial charge < -0.3 is 5.11 Å². The van der Waals surface area contributed by atoms with Gasteiger partial charge in [0, 0.05) is 5.54 Å². The van der Waals surface area contributed by atoms with Crippen molar-refractivity contribution >= 4 is 0 Å².